The quantitative estimate of drug-likeness (QED) is 0.655. The topological polar surface area (TPSA) is 30.7 Å². The van der Waals surface area contributed by atoms with E-state index >= 15 is 0 Å². The maximum absolute atomic E-state index is 5.49. The standard InChI is InChI=1S/C5H7Cl2N3/c6-1-2-10-4-5(3-7)8-9-10/h4H,1-3H2. The first-order valence-corrected chi connectivity index (χ1v) is 3.94. The van der Waals surface area contributed by atoms with Crippen molar-refractivity contribution < 1.29 is 0 Å². The average Bonchev–Trinajstić information content (AvgIpc) is 2.37. The first kappa shape index (κ1) is 7.82. The minimum atomic E-state index is 0.405. The Bertz CT molecular complexity index is 199. The van der Waals surface area contributed by atoms with Gasteiger partial charge in [-0.05, 0) is 0 Å². The van der Waals surface area contributed by atoms with Crippen molar-refractivity contribution in [2.75, 3.05) is 5.88 Å². The molecule has 0 radical (unpaired) electrons. The molecule has 0 aliphatic heterocycles. The van der Waals surface area contributed by atoms with Gasteiger partial charge in [0, 0.05) is 12.1 Å². The SMILES string of the molecule is ClCCn1cc(CCl)nn1. The fraction of sp³-hybridized carbons (Fsp3) is 0.600. The normalized spacial score (nSPS) is 10.2. The highest BCUT2D eigenvalue weighted by Gasteiger charge is 1.96. The van der Waals surface area contributed by atoms with Crippen LogP contribution in [0.15, 0.2) is 6.20 Å². The predicted molar refractivity (Wildman–Crippen MR) is 40.3 cm³/mol. The van der Waals surface area contributed by atoms with E-state index in [2.05, 4.69) is 10.3 Å². The van der Waals surface area contributed by atoms with Crippen molar-refractivity contribution in [3.8, 4) is 0 Å². The number of hydrogen-bond acceptors (Lipinski definition) is 2. The van der Waals surface area contributed by atoms with Gasteiger partial charge in [0.1, 0.15) is 0 Å². The first-order valence-electron chi connectivity index (χ1n) is 2.87. The van der Waals surface area contributed by atoms with E-state index in [0.717, 1.165) is 5.69 Å². The molecule has 0 spiro atoms. The zero-order valence-electron chi connectivity index (χ0n) is 5.30. The molecule has 0 saturated carbocycles. The summed E-state index contributed by atoms with van der Waals surface area (Å²) in [6.45, 7) is 0.686. The first-order chi connectivity index (χ1) is 4.86. The lowest BCUT2D eigenvalue weighted by Gasteiger charge is -1.90. The van der Waals surface area contributed by atoms with E-state index in [4.69, 9.17) is 23.2 Å². The largest absolute Gasteiger partial charge is 0.251 e. The third-order valence-corrected chi connectivity index (χ3v) is 1.48. The second kappa shape index (κ2) is 3.78. The highest BCUT2D eigenvalue weighted by Crippen LogP contribution is 1.96. The maximum atomic E-state index is 5.49. The van der Waals surface area contributed by atoms with E-state index in [-0.39, 0.29) is 0 Å². The average molecular weight is 180 g/mol. The third kappa shape index (κ3) is 1.85. The summed E-state index contributed by atoms with van der Waals surface area (Å²) in [6.07, 6.45) is 1.79. The van der Waals surface area contributed by atoms with E-state index in [1.807, 2.05) is 0 Å². The predicted octanol–water partition coefficient (Wildman–Crippen LogP) is 1.26. The summed E-state index contributed by atoms with van der Waals surface area (Å²) >= 11 is 11.0. The number of aryl methyl sites for hydroxylation is 1. The molecule has 0 aliphatic rings. The maximum Gasteiger partial charge on any atom is 0.0974 e. The molecule has 0 N–H and O–H groups in total. The summed E-state index contributed by atoms with van der Waals surface area (Å²) in [5, 5.41) is 7.55. The number of rotatable bonds is 3. The number of nitrogens with zero attached hydrogens (tertiary/aromatic N) is 3. The Labute approximate surface area is 68.9 Å². The molecule has 0 fully saturated rings. The summed E-state index contributed by atoms with van der Waals surface area (Å²) in [6, 6.07) is 0. The van der Waals surface area contributed by atoms with E-state index in [1.54, 1.807) is 10.9 Å². The molecule has 0 unspecified atom stereocenters. The van der Waals surface area contributed by atoms with Gasteiger partial charge < -0.3 is 0 Å². The summed E-state index contributed by atoms with van der Waals surface area (Å²) in [4.78, 5) is 0. The zero-order valence-corrected chi connectivity index (χ0v) is 6.81. The van der Waals surface area contributed by atoms with Gasteiger partial charge in [-0.3, -0.25) is 4.68 Å². The molecule has 0 atom stereocenters. The van der Waals surface area contributed by atoms with Crippen LogP contribution in [-0.4, -0.2) is 20.9 Å². The Morgan fingerprint density at radius 1 is 1.50 bits per heavy atom. The van der Waals surface area contributed by atoms with Gasteiger partial charge in [-0.2, -0.15) is 0 Å². The molecule has 10 heavy (non-hydrogen) atoms. The van der Waals surface area contributed by atoms with Crippen LogP contribution in [0.5, 0.6) is 0 Å². The van der Waals surface area contributed by atoms with Crippen LogP contribution in [0.2, 0.25) is 0 Å². The van der Waals surface area contributed by atoms with E-state index in [9.17, 15) is 0 Å². The Balaban J connectivity index is 2.59. The molecule has 1 aromatic heterocycles. The van der Waals surface area contributed by atoms with E-state index in [0.29, 0.717) is 18.3 Å². The van der Waals surface area contributed by atoms with Gasteiger partial charge in [-0.25, -0.2) is 0 Å². The van der Waals surface area contributed by atoms with Gasteiger partial charge in [0.15, 0.2) is 0 Å². The highest BCUT2D eigenvalue weighted by molar-refractivity contribution is 6.17. The molecule has 0 aromatic carbocycles. The summed E-state index contributed by atoms with van der Waals surface area (Å²) in [5.74, 6) is 0.952. The van der Waals surface area contributed by atoms with Crippen molar-refractivity contribution >= 4 is 23.2 Å². The lowest BCUT2D eigenvalue weighted by molar-refractivity contribution is 0.630. The molecule has 0 saturated heterocycles. The van der Waals surface area contributed by atoms with Crippen molar-refractivity contribution in [3.63, 3.8) is 0 Å². The monoisotopic (exact) mass is 179 g/mol. The third-order valence-electron chi connectivity index (χ3n) is 1.04. The summed E-state index contributed by atoms with van der Waals surface area (Å²) in [7, 11) is 0. The van der Waals surface area contributed by atoms with E-state index < -0.39 is 0 Å². The fourth-order valence-corrected chi connectivity index (χ4v) is 0.891. The lowest BCUT2D eigenvalue weighted by Crippen LogP contribution is -1.98. The molecule has 5 heteroatoms. The van der Waals surface area contributed by atoms with Crippen LogP contribution in [0, 0.1) is 0 Å². The molecule has 0 amide bonds. The van der Waals surface area contributed by atoms with Gasteiger partial charge in [0.2, 0.25) is 0 Å². The molecule has 3 nitrogen and oxygen atoms in total. The van der Waals surface area contributed by atoms with Crippen molar-refractivity contribution in [3.05, 3.63) is 11.9 Å². The van der Waals surface area contributed by atoms with Crippen LogP contribution in [0.1, 0.15) is 5.69 Å². The minimum absolute atomic E-state index is 0.405. The molecule has 56 valence electrons. The number of halogens is 2. The Hall–Kier alpha value is -0.280. The summed E-state index contributed by atoms with van der Waals surface area (Å²) < 4.78 is 1.67. The number of aromatic nitrogens is 3. The molecule has 1 aromatic rings. The second-order valence-electron chi connectivity index (χ2n) is 1.80. The molecule has 1 heterocycles. The van der Waals surface area contributed by atoms with Gasteiger partial charge >= 0.3 is 0 Å². The Morgan fingerprint density at radius 3 is 2.80 bits per heavy atom. The van der Waals surface area contributed by atoms with Gasteiger partial charge in [0.25, 0.3) is 0 Å². The molecule has 0 bridgehead atoms. The minimum Gasteiger partial charge on any atom is -0.251 e. The van der Waals surface area contributed by atoms with Crippen LogP contribution in [0.3, 0.4) is 0 Å². The van der Waals surface area contributed by atoms with Crippen LogP contribution in [-0.2, 0) is 12.4 Å². The molecule has 1 rings (SSSR count). The Kier molecular flexibility index (Phi) is 2.96. The fourth-order valence-electron chi connectivity index (χ4n) is 0.596. The van der Waals surface area contributed by atoms with Crippen LogP contribution < -0.4 is 0 Å². The number of alkyl halides is 2. The van der Waals surface area contributed by atoms with Crippen molar-refractivity contribution in [2.24, 2.45) is 0 Å². The zero-order chi connectivity index (χ0) is 7.40. The van der Waals surface area contributed by atoms with Gasteiger partial charge in [-0.15, -0.1) is 28.3 Å². The van der Waals surface area contributed by atoms with Gasteiger partial charge in [-0.1, -0.05) is 5.21 Å². The molecule has 0 aliphatic carbocycles. The smallest absolute Gasteiger partial charge is 0.0974 e. The second-order valence-corrected chi connectivity index (χ2v) is 2.44. The highest BCUT2D eigenvalue weighted by atomic mass is 35.5. The van der Waals surface area contributed by atoms with Crippen molar-refractivity contribution in [2.45, 2.75) is 12.4 Å². The molecular formula is C5H7Cl2N3. The van der Waals surface area contributed by atoms with Gasteiger partial charge in [0.05, 0.1) is 18.1 Å². The lowest BCUT2D eigenvalue weighted by atomic mass is 10.5. The van der Waals surface area contributed by atoms with Crippen LogP contribution in [0.25, 0.3) is 0 Å². The number of hydrogen-bond donors (Lipinski definition) is 0. The van der Waals surface area contributed by atoms with Crippen molar-refractivity contribution in [1.82, 2.24) is 15.0 Å². The van der Waals surface area contributed by atoms with Crippen LogP contribution >= 0.6 is 23.2 Å². The summed E-state index contributed by atoms with van der Waals surface area (Å²) in [5.41, 5.74) is 0.784. The Morgan fingerprint density at radius 2 is 2.30 bits per heavy atom. The molecular weight excluding hydrogens is 173 g/mol. The van der Waals surface area contributed by atoms with Crippen LogP contribution in [0.4, 0.5) is 0 Å². The van der Waals surface area contributed by atoms with E-state index in [1.165, 1.54) is 0 Å². The van der Waals surface area contributed by atoms with Crippen molar-refractivity contribution in [1.29, 1.82) is 0 Å².